The summed E-state index contributed by atoms with van der Waals surface area (Å²) < 4.78 is 18.9. The van der Waals surface area contributed by atoms with Crippen molar-refractivity contribution in [1.82, 2.24) is 4.90 Å². The van der Waals surface area contributed by atoms with Crippen LogP contribution in [0.3, 0.4) is 0 Å². The summed E-state index contributed by atoms with van der Waals surface area (Å²) in [6.45, 7) is 1.78. The topological polar surface area (TPSA) is 41.6 Å². The number of ether oxygens (including phenoxy) is 1. The maximum absolute atomic E-state index is 13.8. The second-order valence-electron chi connectivity index (χ2n) is 4.97. The summed E-state index contributed by atoms with van der Waals surface area (Å²) in [6.07, 6.45) is 0. The molecule has 1 unspecified atom stereocenters. The first-order valence-electron chi connectivity index (χ1n) is 6.95. The van der Waals surface area contributed by atoms with Crippen LogP contribution in [0.5, 0.6) is 5.75 Å². The number of urea groups is 1. The molecule has 0 heterocycles. The summed E-state index contributed by atoms with van der Waals surface area (Å²) in [5.74, 6) is 0.332. The molecule has 5 heteroatoms. The number of hydrogen-bond donors (Lipinski definition) is 1. The molecule has 1 atom stereocenters. The van der Waals surface area contributed by atoms with Gasteiger partial charge in [-0.2, -0.15) is 0 Å². The van der Waals surface area contributed by atoms with E-state index in [1.165, 1.54) is 11.0 Å². The van der Waals surface area contributed by atoms with Gasteiger partial charge in [0.1, 0.15) is 11.6 Å². The fourth-order valence-corrected chi connectivity index (χ4v) is 2.11. The van der Waals surface area contributed by atoms with E-state index in [2.05, 4.69) is 5.32 Å². The molecule has 0 saturated heterocycles. The van der Waals surface area contributed by atoms with Gasteiger partial charge in [-0.05, 0) is 25.1 Å². The van der Waals surface area contributed by atoms with Crippen molar-refractivity contribution in [2.24, 2.45) is 0 Å². The molecular weight excluding hydrogens is 283 g/mol. The molecule has 4 nitrogen and oxygen atoms in total. The average Bonchev–Trinajstić information content (AvgIpc) is 2.54. The van der Waals surface area contributed by atoms with Gasteiger partial charge < -0.3 is 15.0 Å². The van der Waals surface area contributed by atoms with Gasteiger partial charge >= 0.3 is 6.03 Å². The lowest BCUT2D eigenvalue weighted by Crippen LogP contribution is -2.34. The molecule has 0 radical (unpaired) electrons. The van der Waals surface area contributed by atoms with Gasteiger partial charge in [0.2, 0.25) is 0 Å². The van der Waals surface area contributed by atoms with E-state index in [9.17, 15) is 9.18 Å². The Labute approximate surface area is 129 Å². The van der Waals surface area contributed by atoms with Crippen molar-refractivity contribution >= 4 is 11.7 Å². The third-order valence-corrected chi connectivity index (χ3v) is 3.58. The van der Waals surface area contributed by atoms with Crippen molar-refractivity contribution in [3.8, 4) is 5.75 Å². The van der Waals surface area contributed by atoms with Crippen molar-refractivity contribution < 1.29 is 13.9 Å². The molecule has 0 aliphatic heterocycles. The molecule has 0 fully saturated rings. The number of hydrogen-bond acceptors (Lipinski definition) is 2. The molecular formula is C17H19FN2O2. The third kappa shape index (κ3) is 3.55. The van der Waals surface area contributed by atoms with Crippen LogP contribution in [-0.4, -0.2) is 25.1 Å². The van der Waals surface area contributed by atoms with E-state index < -0.39 is 0 Å². The molecule has 0 aromatic heterocycles. The number of carbonyl (C=O) groups excluding carboxylic acids is 1. The highest BCUT2D eigenvalue weighted by atomic mass is 19.1. The molecule has 0 aliphatic rings. The highest BCUT2D eigenvalue weighted by Gasteiger charge is 2.20. The Kier molecular flexibility index (Phi) is 4.99. The van der Waals surface area contributed by atoms with Gasteiger partial charge in [0.15, 0.2) is 0 Å². The zero-order valence-corrected chi connectivity index (χ0v) is 12.8. The van der Waals surface area contributed by atoms with Crippen LogP contribution in [0.1, 0.15) is 18.5 Å². The van der Waals surface area contributed by atoms with Crippen molar-refractivity contribution in [2.75, 3.05) is 19.5 Å². The Balaban J connectivity index is 2.10. The van der Waals surface area contributed by atoms with E-state index in [1.54, 1.807) is 63.5 Å². The zero-order valence-electron chi connectivity index (χ0n) is 12.8. The fraction of sp³-hybridized carbons (Fsp3) is 0.235. The smallest absolute Gasteiger partial charge is 0.322 e. The lowest BCUT2D eigenvalue weighted by molar-refractivity contribution is 0.207. The minimum Gasteiger partial charge on any atom is -0.497 e. The molecule has 2 aromatic carbocycles. The molecule has 1 N–H and O–H groups in total. The predicted molar refractivity (Wildman–Crippen MR) is 84.6 cm³/mol. The van der Waals surface area contributed by atoms with Crippen LogP contribution >= 0.6 is 0 Å². The highest BCUT2D eigenvalue weighted by Crippen LogP contribution is 2.23. The molecule has 22 heavy (non-hydrogen) atoms. The number of anilines is 1. The molecule has 116 valence electrons. The van der Waals surface area contributed by atoms with Gasteiger partial charge in [-0.25, -0.2) is 9.18 Å². The van der Waals surface area contributed by atoms with Crippen LogP contribution in [0.15, 0.2) is 48.5 Å². The lowest BCUT2D eigenvalue weighted by atomic mass is 10.1. The summed E-state index contributed by atoms with van der Waals surface area (Å²) in [5, 5.41) is 2.77. The van der Waals surface area contributed by atoms with Gasteiger partial charge in [-0.3, -0.25) is 0 Å². The molecule has 2 amide bonds. The molecule has 2 aromatic rings. The van der Waals surface area contributed by atoms with Crippen LogP contribution in [0.4, 0.5) is 14.9 Å². The van der Waals surface area contributed by atoms with Crippen molar-refractivity contribution in [1.29, 1.82) is 0 Å². The Morgan fingerprint density at radius 2 is 1.95 bits per heavy atom. The number of halogens is 1. The van der Waals surface area contributed by atoms with E-state index in [0.717, 1.165) is 0 Å². The molecule has 2 rings (SSSR count). The van der Waals surface area contributed by atoms with Crippen LogP contribution in [0, 0.1) is 5.82 Å². The van der Waals surface area contributed by atoms with E-state index >= 15 is 0 Å². The highest BCUT2D eigenvalue weighted by molar-refractivity contribution is 5.89. The number of nitrogens with zero attached hydrogens (tertiary/aromatic N) is 1. The van der Waals surface area contributed by atoms with E-state index in [4.69, 9.17) is 4.74 Å². The quantitative estimate of drug-likeness (QED) is 0.925. The lowest BCUT2D eigenvalue weighted by Gasteiger charge is -2.26. The summed E-state index contributed by atoms with van der Waals surface area (Å²) in [6, 6.07) is 12.8. The molecule has 0 bridgehead atoms. The van der Waals surface area contributed by atoms with Gasteiger partial charge in [-0.15, -0.1) is 0 Å². The number of carbonyl (C=O) groups is 1. The molecule has 0 spiro atoms. The first-order chi connectivity index (χ1) is 10.5. The SMILES string of the molecule is COc1cccc(NC(=O)N(C)C(C)c2ccccc2F)c1. The van der Waals surface area contributed by atoms with Gasteiger partial charge in [-0.1, -0.05) is 24.3 Å². The number of rotatable bonds is 4. The monoisotopic (exact) mass is 302 g/mol. The number of benzene rings is 2. The maximum atomic E-state index is 13.8. The van der Waals surface area contributed by atoms with Crippen LogP contribution in [0.2, 0.25) is 0 Å². The largest absolute Gasteiger partial charge is 0.497 e. The first-order valence-corrected chi connectivity index (χ1v) is 6.95. The summed E-state index contributed by atoms with van der Waals surface area (Å²) in [4.78, 5) is 13.7. The maximum Gasteiger partial charge on any atom is 0.322 e. The van der Waals surface area contributed by atoms with E-state index in [-0.39, 0.29) is 17.9 Å². The van der Waals surface area contributed by atoms with Crippen molar-refractivity contribution in [2.45, 2.75) is 13.0 Å². The second-order valence-corrected chi connectivity index (χ2v) is 4.97. The molecule has 0 aliphatic carbocycles. The molecule has 0 saturated carbocycles. The van der Waals surface area contributed by atoms with Gasteiger partial charge in [0, 0.05) is 24.4 Å². The predicted octanol–water partition coefficient (Wildman–Crippen LogP) is 4.06. The van der Waals surface area contributed by atoms with Gasteiger partial charge in [0.05, 0.1) is 13.2 Å². The van der Waals surface area contributed by atoms with Gasteiger partial charge in [0.25, 0.3) is 0 Å². The number of methoxy groups -OCH3 is 1. The van der Waals surface area contributed by atoms with E-state index in [0.29, 0.717) is 17.0 Å². The Bertz CT molecular complexity index is 661. The standard InChI is InChI=1S/C17H19FN2O2/c1-12(15-9-4-5-10-16(15)18)20(2)17(21)19-13-7-6-8-14(11-13)22-3/h4-12H,1-3H3,(H,19,21). The summed E-state index contributed by atoms with van der Waals surface area (Å²) in [7, 11) is 3.19. The Hall–Kier alpha value is -2.56. The van der Waals surface area contributed by atoms with Crippen LogP contribution < -0.4 is 10.1 Å². The summed E-state index contributed by atoms with van der Waals surface area (Å²) in [5.41, 5.74) is 1.10. The Morgan fingerprint density at radius 3 is 2.64 bits per heavy atom. The minimum atomic E-state index is -0.383. The number of nitrogens with one attached hydrogen (secondary N) is 1. The first kappa shape index (κ1) is 15.8. The third-order valence-electron chi connectivity index (χ3n) is 3.58. The number of amides is 2. The fourth-order valence-electron chi connectivity index (χ4n) is 2.11. The van der Waals surface area contributed by atoms with Crippen LogP contribution in [0.25, 0.3) is 0 Å². The summed E-state index contributed by atoms with van der Waals surface area (Å²) >= 11 is 0. The van der Waals surface area contributed by atoms with E-state index in [1.807, 2.05) is 0 Å². The van der Waals surface area contributed by atoms with Crippen molar-refractivity contribution in [3.05, 3.63) is 59.9 Å². The Morgan fingerprint density at radius 1 is 1.23 bits per heavy atom. The zero-order chi connectivity index (χ0) is 16.1. The van der Waals surface area contributed by atoms with Crippen molar-refractivity contribution in [3.63, 3.8) is 0 Å². The second kappa shape index (κ2) is 6.93. The van der Waals surface area contributed by atoms with Crippen LogP contribution in [-0.2, 0) is 0 Å². The normalized spacial score (nSPS) is 11.6. The average molecular weight is 302 g/mol. The minimum absolute atomic E-state index is 0.316.